The number of carbonyl (C=O) groups excluding carboxylic acids is 1. The van der Waals surface area contributed by atoms with Gasteiger partial charge in [-0.25, -0.2) is 0 Å². The highest BCUT2D eigenvalue weighted by atomic mass is 32.2. The lowest BCUT2D eigenvalue weighted by molar-refractivity contribution is -0.139. The molecule has 1 aliphatic rings. The molecule has 0 aromatic carbocycles. The maximum Gasteiger partial charge on any atom is 0.325 e. The van der Waals surface area contributed by atoms with Gasteiger partial charge in [0.15, 0.2) is 5.78 Å². The van der Waals surface area contributed by atoms with Gasteiger partial charge in [0.1, 0.15) is 6.04 Å². The van der Waals surface area contributed by atoms with Crippen LogP contribution >= 0.6 is 11.8 Å². The van der Waals surface area contributed by atoms with Gasteiger partial charge in [-0.15, -0.1) is 11.8 Å². The van der Waals surface area contributed by atoms with Crippen LogP contribution < -0.4 is 5.32 Å². The molecule has 84 valence electrons. The van der Waals surface area contributed by atoms with Crippen molar-refractivity contribution in [2.75, 3.05) is 6.26 Å². The molecule has 0 spiro atoms. The summed E-state index contributed by atoms with van der Waals surface area (Å²) in [5.74, 6) is -0.840. The summed E-state index contributed by atoms with van der Waals surface area (Å²) < 4.78 is 0. The zero-order chi connectivity index (χ0) is 11.8. The number of nitrogens with one attached hydrogen (secondary N) is 1. The van der Waals surface area contributed by atoms with Gasteiger partial charge in [0.05, 0.1) is 10.3 Å². The number of hydrogen-bond acceptors (Lipinski definition) is 4. The molecule has 0 aromatic heterocycles. The average Bonchev–Trinajstić information content (AvgIpc) is 2.16. The highest BCUT2D eigenvalue weighted by Crippen LogP contribution is 2.45. The van der Waals surface area contributed by atoms with Crippen LogP contribution in [0.5, 0.6) is 0 Å². The fraction of sp³-hybridized carbons (Fsp3) is 0.600. The van der Waals surface area contributed by atoms with Crippen LogP contribution in [-0.4, -0.2) is 29.2 Å². The minimum absolute atomic E-state index is 0.0788. The predicted molar refractivity (Wildman–Crippen MR) is 59.6 cm³/mol. The minimum atomic E-state index is -0.918. The molecular weight excluding hydrogens is 214 g/mol. The van der Waals surface area contributed by atoms with Gasteiger partial charge >= 0.3 is 5.97 Å². The SMILES string of the molecule is CSC1=C(NC(C)C(=O)O)C(C)(C)C1=O. The third-order valence-corrected chi connectivity index (χ3v) is 3.36. The van der Waals surface area contributed by atoms with Crippen molar-refractivity contribution < 1.29 is 14.7 Å². The standard InChI is InChI=1S/C10H15NO3S/c1-5(9(13)14)11-7-6(15-4)8(12)10(7,2)3/h5,11H,1-4H3,(H,13,14). The molecule has 0 saturated heterocycles. The van der Waals surface area contributed by atoms with Crippen molar-refractivity contribution in [1.29, 1.82) is 0 Å². The van der Waals surface area contributed by atoms with E-state index in [1.54, 1.807) is 20.8 Å². The number of ketones is 1. The first kappa shape index (κ1) is 12.1. The van der Waals surface area contributed by atoms with Gasteiger partial charge < -0.3 is 10.4 Å². The van der Waals surface area contributed by atoms with Crippen molar-refractivity contribution in [3.8, 4) is 0 Å². The number of allylic oxidation sites excluding steroid dienone is 2. The van der Waals surface area contributed by atoms with Gasteiger partial charge in [-0.05, 0) is 27.0 Å². The number of carbonyl (C=O) groups is 2. The average molecular weight is 229 g/mol. The van der Waals surface area contributed by atoms with E-state index in [4.69, 9.17) is 5.11 Å². The third-order valence-electron chi connectivity index (χ3n) is 2.56. The van der Waals surface area contributed by atoms with E-state index < -0.39 is 17.4 Å². The van der Waals surface area contributed by atoms with E-state index in [1.807, 2.05) is 6.26 Å². The topological polar surface area (TPSA) is 66.4 Å². The van der Waals surface area contributed by atoms with E-state index in [1.165, 1.54) is 11.8 Å². The van der Waals surface area contributed by atoms with Crippen LogP contribution in [-0.2, 0) is 9.59 Å². The fourth-order valence-corrected chi connectivity index (χ4v) is 2.41. The van der Waals surface area contributed by atoms with E-state index >= 15 is 0 Å². The largest absolute Gasteiger partial charge is 0.480 e. The summed E-state index contributed by atoms with van der Waals surface area (Å²) in [4.78, 5) is 22.9. The van der Waals surface area contributed by atoms with Crippen molar-refractivity contribution in [3.63, 3.8) is 0 Å². The molecular formula is C10H15NO3S. The summed E-state index contributed by atoms with van der Waals surface area (Å²) in [5.41, 5.74) is 0.178. The number of Topliss-reactive ketones (excluding diaryl/α,β-unsaturated/α-hetero) is 1. The van der Waals surface area contributed by atoms with Crippen LogP contribution in [0.25, 0.3) is 0 Å². The molecule has 4 nitrogen and oxygen atoms in total. The second-order valence-electron chi connectivity index (χ2n) is 4.07. The second kappa shape index (κ2) is 3.89. The van der Waals surface area contributed by atoms with Crippen LogP contribution in [0.4, 0.5) is 0 Å². The number of thioether (sulfide) groups is 1. The molecule has 1 atom stereocenters. The molecule has 0 saturated carbocycles. The molecule has 1 aliphatic carbocycles. The lowest BCUT2D eigenvalue weighted by Crippen LogP contribution is -2.48. The first-order valence-corrected chi connectivity index (χ1v) is 5.87. The number of aliphatic carboxylic acids is 1. The molecule has 0 bridgehead atoms. The number of carboxylic acids is 1. The summed E-state index contributed by atoms with van der Waals surface area (Å²) in [5, 5.41) is 11.6. The minimum Gasteiger partial charge on any atom is -0.480 e. The second-order valence-corrected chi connectivity index (χ2v) is 4.88. The maximum absolute atomic E-state index is 11.6. The Morgan fingerprint density at radius 1 is 1.53 bits per heavy atom. The summed E-state index contributed by atoms with van der Waals surface area (Å²) >= 11 is 1.36. The Morgan fingerprint density at radius 2 is 2.07 bits per heavy atom. The van der Waals surface area contributed by atoms with Crippen molar-refractivity contribution in [2.24, 2.45) is 5.41 Å². The van der Waals surface area contributed by atoms with Crippen LogP contribution in [0.2, 0.25) is 0 Å². The van der Waals surface area contributed by atoms with E-state index in [0.29, 0.717) is 4.91 Å². The molecule has 2 N–H and O–H groups in total. The van der Waals surface area contributed by atoms with Gasteiger partial charge in [0.25, 0.3) is 0 Å². The van der Waals surface area contributed by atoms with Gasteiger partial charge in [0.2, 0.25) is 0 Å². The van der Waals surface area contributed by atoms with Crippen LogP contribution in [0.3, 0.4) is 0 Å². The number of hydrogen-bond donors (Lipinski definition) is 2. The summed E-state index contributed by atoms with van der Waals surface area (Å²) in [6.45, 7) is 5.16. The highest BCUT2D eigenvalue weighted by Gasteiger charge is 2.46. The normalized spacial score (nSPS) is 20.9. The molecule has 5 heteroatoms. The molecule has 0 fully saturated rings. The molecule has 1 unspecified atom stereocenters. The summed E-state index contributed by atoms with van der Waals surface area (Å²) in [6.07, 6.45) is 1.82. The van der Waals surface area contributed by atoms with Crippen molar-refractivity contribution in [2.45, 2.75) is 26.8 Å². The Kier molecular flexibility index (Phi) is 3.13. The Bertz CT molecular complexity index is 347. The van der Waals surface area contributed by atoms with Crippen molar-refractivity contribution >= 4 is 23.5 Å². The van der Waals surface area contributed by atoms with E-state index in [2.05, 4.69) is 5.32 Å². The van der Waals surface area contributed by atoms with Gasteiger partial charge in [-0.1, -0.05) is 0 Å². The predicted octanol–water partition coefficient (Wildman–Crippen LogP) is 1.23. The van der Waals surface area contributed by atoms with Crippen molar-refractivity contribution in [3.05, 3.63) is 10.6 Å². The molecule has 0 aromatic rings. The zero-order valence-electron chi connectivity index (χ0n) is 9.25. The fourth-order valence-electron chi connectivity index (χ4n) is 1.45. The Labute approximate surface area is 93.1 Å². The van der Waals surface area contributed by atoms with Crippen LogP contribution in [0.15, 0.2) is 10.6 Å². The molecule has 0 radical (unpaired) electrons. The zero-order valence-corrected chi connectivity index (χ0v) is 10.1. The van der Waals surface area contributed by atoms with Gasteiger partial charge in [-0.2, -0.15) is 0 Å². The maximum atomic E-state index is 11.6. The van der Waals surface area contributed by atoms with E-state index in [-0.39, 0.29) is 5.78 Å². The molecule has 0 aliphatic heterocycles. The first-order chi connectivity index (χ1) is 6.82. The van der Waals surface area contributed by atoms with E-state index in [9.17, 15) is 9.59 Å². The third kappa shape index (κ3) is 1.88. The lowest BCUT2D eigenvalue weighted by atomic mass is 9.74. The quantitative estimate of drug-likeness (QED) is 0.759. The lowest BCUT2D eigenvalue weighted by Gasteiger charge is -2.39. The Morgan fingerprint density at radius 3 is 2.47 bits per heavy atom. The summed E-state index contributed by atoms with van der Waals surface area (Å²) in [6, 6.07) is -0.672. The van der Waals surface area contributed by atoms with Crippen molar-refractivity contribution in [1.82, 2.24) is 5.32 Å². The smallest absolute Gasteiger partial charge is 0.325 e. The Balaban J connectivity index is 2.89. The number of rotatable bonds is 4. The number of carboxylic acid groups (broad SMARTS) is 1. The monoisotopic (exact) mass is 229 g/mol. The van der Waals surface area contributed by atoms with Crippen LogP contribution in [0, 0.1) is 5.41 Å². The molecule has 0 amide bonds. The highest BCUT2D eigenvalue weighted by molar-refractivity contribution is 8.03. The Hall–Kier alpha value is -0.970. The van der Waals surface area contributed by atoms with Gasteiger partial charge in [0, 0.05) is 5.70 Å². The van der Waals surface area contributed by atoms with Gasteiger partial charge in [-0.3, -0.25) is 9.59 Å². The van der Waals surface area contributed by atoms with Crippen LogP contribution in [0.1, 0.15) is 20.8 Å². The summed E-state index contributed by atoms with van der Waals surface area (Å²) in [7, 11) is 0. The van der Waals surface area contributed by atoms with E-state index in [0.717, 1.165) is 5.70 Å². The molecule has 15 heavy (non-hydrogen) atoms. The molecule has 0 heterocycles. The first-order valence-electron chi connectivity index (χ1n) is 4.65. The molecule has 1 rings (SSSR count).